The minimum atomic E-state index is -0.113. The number of benzene rings is 1. The second-order valence-electron chi connectivity index (χ2n) is 8.28. The lowest BCUT2D eigenvalue weighted by atomic mass is 9.73. The molecule has 0 radical (unpaired) electrons. The second-order valence-corrected chi connectivity index (χ2v) is 8.28. The molecule has 7 nitrogen and oxygen atoms in total. The van der Waals surface area contributed by atoms with Crippen LogP contribution in [0.25, 0.3) is 0 Å². The third-order valence-electron chi connectivity index (χ3n) is 5.93. The van der Waals surface area contributed by atoms with E-state index in [1.54, 1.807) is 7.11 Å². The number of carbonyl (C=O) groups excluding carboxylic acids is 1. The minimum Gasteiger partial charge on any atom is -0.496 e. The number of aliphatic imine (C=N–C) groups is 1. The zero-order valence-electron chi connectivity index (χ0n) is 18.6. The van der Waals surface area contributed by atoms with Crippen LogP contribution in [0.3, 0.4) is 0 Å². The lowest BCUT2D eigenvalue weighted by molar-refractivity contribution is -0.122. The third kappa shape index (κ3) is 5.88. The van der Waals surface area contributed by atoms with Gasteiger partial charge in [-0.05, 0) is 45.6 Å². The van der Waals surface area contributed by atoms with E-state index in [4.69, 9.17) is 14.5 Å². The molecular formula is C23H36N4O3. The molecule has 1 aliphatic heterocycles. The highest BCUT2D eigenvalue weighted by atomic mass is 16.5. The van der Waals surface area contributed by atoms with Crippen molar-refractivity contribution in [3.05, 3.63) is 29.3 Å². The molecule has 166 valence electrons. The van der Waals surface area contributed by atoms with Gasteiger partial charge in [0.25, 0.3) is 0 Å². The highest BCUT2D eigenvalue weighted by Gasteiger charge is 2.37. The van der Waals surface area contributed by atoms with Crippen molar-refractivity contribution in [3.63, 3.8) is 0 Å². The van der Waals surface area contributed by atoms with E-state index in [1.807, 2.05) is 0 Å². The molecule has 2 fully saturated rings. The Hall–Kier alpha value is -2.28. The molecule has 7 heteroatoms. The Labute approximate surface area is 180 Å². The van der Waals surface area contributed by atoms with Crippen LogP contribution in [0.1, 0.15) is 43.7 Å². The molecular weight excluding hydrogens is 380 g/mol. The molecule has 1 aromatic rings. The van der Waals surface area contributed by atoms with E-state index in [-0.39, 0.29) is 17.2 Å². The number of aryl methyl sites for hydroxylation is 1. The van der Waals surface area contributed by atoms with E-state index in [9.17, 15) is 4.79 Å². The van der Waals surface area contributed by atoms with Crippen molar-refractivity contribution in [1.82, 2.24) is 16.0 Å². The van der Waals surface area contributed by atoms with Crippen LogP contribution in [0, 0.1) is 12.8 Å². The van der Waals surface area contributed by atoms with Gasteiger partial charge in [0, 0.05) is 49.7 Å². The fourth-order valence-electron chi connectivity index (χ4n) is 3.94. The maximum atomic E-state index is 11.8. The number of guanidine groups is 1. The van der Waals surface area contributed by atoms with Gasteiger partial charge in [-0.15, -0.1) is 0 Å². The van der Waals surface area contributed by atoms with Gasteiger partial charge in [-0.25, -0.2) is 0 Å². The van der Waals surface area contributed by atoms with Crippen LogP contribution in [0.4, 0.5) is 0 Å². The van der Waals surface area contributed by atoms with Crippen molar-refractivity contribution in [2.24, 2.45) is 10.9 Å². The monoisotopic (exact) mass is 416 g/mol. The zero-order valence-corrected chi connectivity index (χ0v) is 18.6. The summed E-state index contributed by atoms with van der Waals surface area (Å²) in [5.41, 5.74) is 2.32. The Morgan fingerprint density at radius 1 is 1.20 bits per heavy atom. The van der Waals surface area contributed by atoms with Crippen molar-refractivity contribution in [2.75, 3.05) is 46.5 Å². The molecule has 0 bridgehead atoms. The molecule has 3 N–H and O–H groups in total. The fourth-order valence-corrected chi connectivity index (χ4v) is 3.94. The SMILES string of the molecule is CCNC(=NCC1(c2cc(C)ccc2OC)CCOCC1)NCCNC(=O)C1CC1. The number of rotatable bonds is 9. The lowest BCUT2D eigenvalue weighted by Crippen LogP contribution is -2.43. The summed E-state index contributed by atoms with van der Waals surface area (Å²) in [6, 6.07) is 6.37. The molecule has 1 saturated carbocycles. The van der Waals surface area contributed by atoms with E-state index in [1.165, 1.54) is 11.1 Å². The standard InChI is InChI=1S/C23H36N4O3/c1-4-24-22(26-12-11-25-21(28)18-6-7-18)27-16-23(9-13-30-14-10-23)19-15-17(2)5-8-20(19)29-3/h5,8,15,18H,4,6-7,9-14,16H2,1-3H3,(H,25,28)(H2,24,26,27). The highest BCUT2D eigenvalue weighted by molar-refractivity contribution is 5.81. The average Bonchev–Trinajstić information content (AvgIpc) is 3.61. The maximum Gasteiger partial charge on any atom is 0.223 e. The Kier molecular flexibility index (Phi) is 7.96. The number of nitrogens with one attached hydrogen (secondary N) is 3. The quantitative estimate of drug-likeness (QED) is 0.326. The molecule has 3 rings (SSSR count). The Bertz CT molecular complexity index is 740. The number of nitrogens with zero attached hydrogens (tertiary/aromatic N) is 1. The molecule has 0 atom stereocenters. The molecule has 1 aliphatic carbocycles. The van der Waals surface area contributed by atoms with Gasteiger partial charge in [-0.3, -0.25) is 9.79 Å². The molecule has 0 unspecified atom stereocenters. The van der Waals surface area contributed by atoms with E-state index in [0.717, 1.165) is 57.2 Å². The van der Waals surface area contributed by atoms with Gasteiger partial charge in [0.2, 0.25) is 5.91 Å². The summed E-state index contributed by atoms with van der Waals surface area (Å²) >= 11 is 0. The first-order valence-electron chi connectivity index (χ1n) is 11.1. The number of hydrogen-bond donors (Lipinski definition) is 3. The summed E-state index contributed by atoms with van der Waals surface area (Å²) in [6.45, 7) is 8.30. The number of amides is 1. The van der Waals surface area contributed by atoms with Crippen molar-refractivity contribution in [3.8, 4) is 5.75 Å². The van der Waals surface area contributed by atoms with Crippen LogP contribution in [0.2, 0.25) is 0 Å². The summed E-state index contributed by atoms with van der Waals surface area (Å²) in [4.78, 5) is 16.7. The van der Waals surface area contributed by atoms with Gasteiger partial charge in [0.15, 0.2) is 5.96 Å². The molecule has 1 heterocycles. The maximum absolute atomic E-state index is 11.8. The van der Waals surface area contributed by atoms with Gasteiger partial charge < -0.3 is 25.4 Å². The Morgan fingerprint density at radius 2 is 1.93 bits per heavy atom. The first-order chi connectivity index (χ1) is 14.6. The van der Waals surface area contributed by atoms with E-state index in [0.29, 0.717) is 19.6 Å². The second kappa shape index (κ2) is 10.7. The van der Waals surface area contributed by atoms with Gasteiger partial charge in [0.1, 0.15) is 5.75 Å². The summed E-state index contributed by atoms with van der Waals surface area (Å²) in [5, 5.41) is 9.65. The van der Waals surface area contributed by atoms with Crippen molar-refractivity contribution >= 4 is 11.9 Å². The summed E-state index contributed by atoms with van der Waals surface area (Å²) in [6.07, 6.45) is 3.87. The van der Waals surface area contributed by atoms with E-state index >= 15 is 0 Å². The zero-order chi connectivity index (χ0) is 21.4. The van der Waals surface area contributed by atoms with E-state index < -0.39 is 0 Å². The number of hydrogen-bond acceptors (Lipinski definition) is 4. The predicted octanol–water partition coefficient (Wildman–Crippen LogP) is 2.13. The lowest BCUT2D eigenvalue weighted by Gasteiger charge is -2.37. The van der Waals surface area contributed by atoms with Crippen LogP contribution in [0.15, 0.2) is 23.2 Å². The molecule has 1 amide bonds. The van der Waals surface area contributed by atoms with Gasteiger partial charge >= 0.3 is 0 Å². The fraction of sp³-hybridized carbons (Fsp3) is 0.652. The van der Waals surface area contributed by atoms with Crippen molar-refractivity contribution in [1.29, 1.82) is 0 Å². The van der Waals surface area contributed by atoms with Crippen LogP contribution >= 0.6 is 0 Å². The van der Waals surface area contributed by atoms with E-state index in [2.05, 4.69) is 48.0 Å². The van der Waals surface area contributed by atoms with Crippen molar-refractivity contribution < 1.29 is 14.3 Å². The van der Waals surface area contributed by atoms with Crippen LogP contribution in [-0.4, -0.2) is 58.4 Å². The average molecular weight is 417 g/mol. The Balaban J connectivity index is 1.69. The largest absolute Gasteiger partial charge is 0.496 e. The Morgan fingerprint density at radius 3 is 2.60 bits per heavy atom. The van der Waals surface area contributed by atoms with Gasteiger partial charge in [0.05, 0.1) is 13.7 Å². The molecule has 1 aromatic carbocycles. The molecule has 30 heavy (non-hydrogen) atoms. The van der Waals surface area contributed by atoms with Crippen LogP contribution in [-0.2, 0) is 14.9 Å². The number of ether oxygens (including phenoxy) is 2. The molecule has 1 saturated heterocycles. The predicted molar refractivity (Wildman–Crippen MR) is 119 cm³/mol. The molecule has 0 aromatic heterocycles. The molecule has 2 aliphatic rings. The first-order valence-corrected chi connectivity index (χ1v) is 11.1. The third-order valence-corrected chi connectivity index (χ3v) is 5.93. The van der Waals surface area contributed by atoms with Gasteiger partial charge in [-0.2, -0.15) is 0 Å². The number of carbonyl (C=O) groups is 1. The number of methoxy groups -OCH3 is 1. The smallest absolute Gasteiger partial charge is 0.223 e. The summed E-state index contributed by atoms with van der Waals surface area (Å²) < 4.78 is 11.4. The summed E-state index contributed by atoms with van der Waals surface area (Å²) in [7, 11) is 1.73. The highest BCUT2D eigenvalue weighted by Crippen LogP contribution is 2.40. The van der Waals surface area contributed by atoms with Gasteiger partial charge in [-0.1, -0.05) is 17.7 Å². The normalized spacial score (nSPS) is 18.6. The minimum absolute atomic E-state index is 0.113. The first kappa shape index (κ1) is 22.4. The molecule has 0 spiro atoms. The van der Waals surface area contributed by atoms with Crippen LogP contribution < -0.4 is 20.7 Å². The van der Waals surface area contributed by atoms with Crippen molar-refractivity contribution in [2.45, 2.75) is 44.9 Å². The topological polar surface area (TPSA) is 84.0 Å². The van der Waals surface area contributed by atoms with Crippen LogP contribution in [0.5, 0.6) is 5.75 Å². The summed E-state index contributed by atoms with van der Waals surface area (Å²) in [5.74, 6) is 2.10.